The predicted octanol–water partition coefficient (Wildman–Crippen LogP) is 4.09. The minimum atomic E-state index is -0.0503. The van der Waals surface area contributed by atoms with Gasteiger partial charge in [-0.3, -0.25) is 0 Å². The number of hydrogen-bond acceptors (Lipinski definition) is 3. The van der Waals surface area contributed by atoms with E-state index >= 15 is 0 Å². The molecule has 114 valence electrons. The van der Waals surface area contributed by atoms with Crippen LogP contribution in [0.4, 0.5) is 0 Å². The molecule has 2 aromatic rings. The summed E-state index contributed by atoms with van der Waals surface area (Å²) in [5, 5.41) is 1.14. The molecule has 1 unspecified atom stereocenters. The standard InChI is InChI=1S/C18H26N2O/c1-20(15-9-4-2-3-5-10-15)13-16(19)18-12-14-8-6-7-11-17(14)21-18/h6-8,11-12,15-16H,2-5,9-10,13,19H2,1H3. The summed E-state index contributed by atoms with van der Waals surface area (Å²) in [5.41, 5.74) is 7.30. The van der Waals surface area contributed by atoms with Gasteiger partial charge >= 0.3 is 0 Å². The largest absolute Gasteiger partial charge is 0.459 e. The average molecular weight is 286 g/mol. The van der Waals surface area contributed by atoms with Gasteiger partial charge in [-0.1, -0.05) is 43.9 Å². The third kappa shape index (κ3) is 3.47. The fraction of sp³-hybridized carbons (Fsp3) is 0.556. The smallest absolute Gasteiger partial charge is 0.134 e. The number of nitrogens with two attached hydrogens (primary N) is 1. The lowest BCUT2D eigenvalue weighted by atomic mass is 10.1. The van der Waals surface area contributed by atoms with Crippen LogP contribution >= 0.6 is 0 Å². The van der Waals surface area contributed by atoms with E-state index in [1.165, 1.54) is 38.5 Å². The molecule has 1 aliphatic rings. The van der Waals surface area contributed by atoms with Gasteiger partial charge in [0, 0.05) is 18.0 Å². The Morgan fingerprint density at radius 2 is 1.90 bits per heavy atom. The van der Waals surface area contributed by atoms with Gasteiger partial charge in [0.05, 0.1) is 6.04 Å². The van der Waals surface area contributed by atoms with Crippen LogP contribution in [-0.2, 0) is 0 Å². The van der Waals surface area contributed by atoms with Gasteiger partial charge < -0.3 is 15.1 Å². The Kier molecular flexibility index (Phi) is 4.61. The second-order valence-corrected chi connectivity index (χ2v) is 6.38. The lowest BCUT2D eigenvalue weighted by molar-refractivity contribution is 0.203. The molecule has 1 atom stereocenters. The molecule has 0 aliphatic heterocycles. The number of furan rings is 1. The molecule has 1 heterocycles. The number of rotatable bonds is 4. The third-order valence-electron chi connectivity index (χ3n) is 4.74. The molecule has 1 aromatic carbocycles. The van der Waals surface area contributed by atoms with Crippen molar-refractivity contribution in [2.24, 2.45) is 5.73 Å². The Bertz CT molecular complexity index is 536. The van der Waals surface area contributed by atoms with Crippen molar-refractivity contribution in [3.8, 4) is 0 Å². The van der Waals surface area contributed by atoms with Gasteiger partial charge in [0.25, 0.3) is 0 Å². The first-order valence-corrected chi connectivity index (χ1v) is 8.18. The molecule has 0 bridgehead atoms. The van der Waals surface area contributed by atoms with Crippen LogP contribution in [-0.4, -0.2) is 24.5 Å². The summed E-state index contributed by atoms with van der Waals surface area (Å²) in [5.74, 6) is 0.900. The van der Waals surface area contributed by atoms with E-state index in [0.29, 0.717) is 6.04 Å². The minimum Gasteiger partial charge on any atom is -0.459 e. The Morgan fingerprint density at radius 3 is 2.62 bits per heavy atom. The molecule has 0 amide bonds. The van der Waals surface area contributed by atoms with Crippen molar-refractivity contribution in [1.29, 1.82) is 0 Å². The summed E-state index contributed by atoms with van der Waals surface area (Å²) in [6.45, 7) is 0.866. The molecule has 1 fully saturated rings. The van der Waals surface area contributed by atoms with E-state index in [-0.39, 0.29) is 6.04 Å². The van der Waals surface area contributed by atoms with Gasteiger partial charge in [-0.05, 0) is 32.0 Å². The van der Waals surface area contributed by atoms with Crippen molar-refractivity contribution in [2.45, 2.75) is 50.6 Å². The Morgan fingerprint density at radius 1 is 1.19 bits per heavy atom. The lowest BCUT2D eigenvalue weighted by Crippen LogP contribution is -2.36. The molecule has 3 heteroatoms. The minimum absolute atomic E-state index is 0.0503. The lowest BCUT2D eigenvalue weighted by Gasteiger charge is -2.28. The van der Waals surface area contributed by atoms with Crippen LogP contribution < -0.4 is 5.73 Å². The highest BCUT2D eigenvalue weighted by atomic mass is 16.3. The van der Waals surface area contributed by atoms with E-state index in [0.717, 1.165) is 23.3 Å². The van der Waals surface area contributed by atoms with Gasteiger partial charge in [0.1, 0.15) is 11.3 Å². The summed E-state index contributed by atoms with van der Waals surface area (Å²) in [6, 6.07) is 10.8. The number of para-hydroxylation sites is 1. The van der Waals surface area contributed by atoms with Gasteiger partial charge in [-0.25, -0.2) is 0 Å². The molecule has 0 radical (unpaired) electrons. The Hall–Kier alpha value is -1.32. The number of likely N-dealkylation sites (N-methyl/N-ethyl adjacent to an activating group) is 1. The maximum absolute atomic E-state index is 6.37. The SMILES string of the molecule is CN(CC(N)c1cc2ccccc2o1)C1CCCCCC1. The molecule has 2 N–H and O–H groups in total. The van der Waals surface area contributed by atoms with Crippen molar-refractivity contribution in [2.75, 3.05) is 13.6 Å². The number of hydrogen-bond donors (Lipinski definition) is 1. The molecule has 1 aromatic heterocycles. The zero-order chi connectivity index (χ0) is 14.7. The zero-order valence-corrected chi connectivity index (χ0v) is 12.9. The maximum atomic E-state index is 6.37. The third-order valence-corrected chi connectivity index (χ3v) is 4.74. The van der Waals surface area contributed by atoms with Gasteiger partial charge in [0.2, 0.25) is 0 Å². The molecule has 1 saturated carbocycles. The van der Waals surface area contributed by atoms with Crippen molar-refractivity contribution < 1.29 is 4.42 Å². The van der Waals surface area contributed by atoms with Gasteiger partial charge in [0.15, 0.2) is 0 Å². The maximum Gasteiger partial charge on any atom is 0.134 e. The number of benzene rings is 1. The highest BCUT2D eigenvalue weighted by Gasteiger charge is 2.21. The molecule has 3 rings (SSSR count). The number of fused-ring (bicyclic) bond motifs is 1. The second kappa shape index (κ2) is 6.63. The fourth-order valence-electron chi connectivity index (χ4n) is 3.43. The highest BCUT2D eigenvalue weighted by molar-refractivity contribution is 5.77. The van der Waals surface area contributed by atoms with Crippen molar-refractivity contribution in [1.82, 2.24) is 4.90 Å². The highest BCUT2D eigenvalue weighted by Crippen LogP contribution is 2.25. The molecular formula is C18H26N2O. The van der Waals surface area contributed by atoms with E-state index in [9.17, 15) is 0 Å². The summed E-state index contributed by atoms with van der Waals surface area (Å²) in [7, 11) is 2.21. The van der Waals surface area contributed by atoms with Crippen molar-refractivity contribution in [3.05, 3.63) is 36.1 Å². The van der Waals surface area contributed by atoms with Crippen molar-refractivity contribution >= 4 is 11.0 Å². The first kappa shape index (κ1) is 14.6. The summed E-state index contributed by atoms with van der Waals surface area (Å²) in [4.78, 5) is 2.43. The summed E-state index contributed by atoms with van der Waals surface area (Å²) < 4.78 is 5.89. The normalized spacial score (nSPS) is 19.0. The van der Waals surface area contributed by atoms with Crippen molar-refractivity contribution in [3.63, 3.8) is 0 Å². The molecule has 1 aliphatic carbocycles. The van der Waals surface area contributed by atoms with Crippen LogP contribution in [0.2, 0.25) is 0 Å². The number of nitrogens with zero attached hydrogens (tertiary/aromatic N) is 1. The molecule has 3 nitrogen and oxygen atoms in total. The second-order valence-electron chi connectivity index (χ2n) is 6.38. The van der Waals surface area contributed by atoms with Gasteiger partial charge in [-0.15, -0.1) is 0 Å². The van der Waals surface area contributed by atoms with Crippen LogP contribution in [0.3, 0.4) is 0 Å². The van der Waals surface area contributed by atoms with E-state index < -0.39 is 0 Å². The molecular weight excluding hydrogens is 260 g/mol. The molecule has 0 saturated heterocycles. The van der Waals surface area contributed by atoms with Gasteiger partial charge in [-0.2, -0.15) is 0 Å². The molecule has 21 heavy (non-hydrogen) atoms. The predicted molar refractivity (Wildman–Crippen MR) is 87.3 cm³/mol. The molecule has 0 spiro atoms. The Labute approximate surface area is 127 Å². The first-order chi connectivity index (χ1) is 10.2. The van der Waals surface area contributed by atoms with E-state index in [4.69, 9.17) is 10.2 Å². The monoisotopic (exact) mass is 286 g/mol. The van der Waals surface area contributed by atoms with Crippen LogP contribution in [0.1, 0.15) is 50.3 Å². The van der Waals surface area contributed by atoms with E-state index in [1.807, 2.05) is 18.2 Å². The topological polar surface area (TPSA) is 42.4 Å². The Balaban J connectivity index is 1.65. The first-order valence-electron chi connectivity index (χ1n) is 8.18. The fourth-order valence-corrected chi connectivity index (χ4v) is 3.43. The van der Waals surface area contributed by atoms with Crippen LogP contribution in [0.15, 0.2) is 34.7 Å². The van der Waals surface area contributed by atoms with E-state index in [2.05, 4.69) is 24.1 Å². The average Bonchev–Trinajstić information content (AvgIpc) is 2.73. The summed E-state index contributed by atoms with van der Waals surface area (Å²) in [6.07, 6.45) is 8.11. The quantitative estimate of drug-likeness (QED) is 0.861. The van der Waals surface area contributed by atoms with E-state index in [1.54, 1.807) is 0 Å². The van der Waals surface area contributed by atoms with Crippen LogP contribution in [0.25, 0.3) is 11.0 Å². The van der Waals surface area contributed by atoms with Crippen LogP contribution in [0.5, 0.6) is 0 Å². The summed E-state index contributed by atoms with van der Waals surface area (Å²) >= 11 is 0. The zero-order valence-electron chi connectivity index (χ0n) is 12.9. The van der Waals surface area contributed by atoms with Crippen LogP contribution in [0, 0.1) is 0 Å².